The lowest BCUT2D eigenvalue weighted by atomic mass is 10.1. The lowest BCUT2D eigenvalue weighted by Crippen LogP contribution is -2.48. The second kappa shape index (κ2) is 10.1. The third-order valence-electron chi connectivity index (χ3n) is 5.86. The zero-order valence-corrected chi connectivity index (χ0v) is 19.3. The van der Waals surface area contributed by atoms with Gasteiger partial charge in [-0.15, -0.1) is 0 Å². The Morgan fingerprint density at radius 3 is 2.49 bits per heavy atom. The van der Waals surface area contributed by atoms with Crippen molar-refractivity contribution < 1.29 is 22.9 Å². The highest BCUT2D eigenvalue weighted by molar-refractivity contribution is 5.91. The van der Waals surface area contributed by atoms with E-state index in [4.69, 9.17) is 13.7 Å². The Balaban J connectivity index is 1.11. The zero-order valence-electron chi connectivity index (χ0n) is 19.3. The van der Waals surface area contributed by atoms with Gasteiger partial charge in [-0.2, -0.15) is 4.98 Å². The van der Waals surface area contributed by atoms with Gasteiger partial charge in [0.2, 0.25) is 11.7 Å². The van der Waals surface area contributed by atoms with Crippen molar-refractivity contribution >= 4 is 5.91 Å². The first-order valence-corrected chi connectivity index (χ1v) is 11.4. The van der Waals surface area contributed by atoms with Gasteiger partial charge in [0.25, 0.3) is 5.91 Å². The third-order valence-corrected chi connectivity index (χ3v) is 5.86. The van der Waals surface area contributed by atoms with E-state index in [9.17, 15) is 9.18 Å². The monoisotopic (exact) mass is 476 g/mol. The minimum Gasteiger partial charge on any atom is -0.486 e. The molecule has 1 aliphatic rings. The van der Waals surface area contributed by atoms with Crippen molar-refractivity contribution in [3.05, 3.63) is 89.5 Å². The molecule has 1 amide bonds. The Morgan fingerprint density at radius 2 is 1.74 bits per heavy atom. The Hall–Kier alpha value is -3.98. The summed E-state index contributed by atoms with van der Waals surface area (Å²) < 4.78 is 29.7. The van der Waals surface area contributed by atoms with E-state index in [-0.39, 0.29) is 24.1 Å². The molecule has 0 radical (unpaired) electrons. The number of benzene rings is 2. The van der Waals surface area contributed by atoms with E-state index >= 15 is 0 Å². The largest absolute Gasteiger partial charge is 0.486 e. The number of hydrogen-bond acceptors (Lipinski definition) is 7. The van der Waals surface area contributed by atoms with Crippen LogP contribution in [0.25, 0.3) is 11.4 Å². The summed E-state index contributed by atoms with van der Waals surface area (Å²) in [4.78, 5) is 21.3. The summed E-state index contributed by atoms with van der Waals surface area (Å²) in [5.74, 6) is 1.97. The number of furan rings is 1. The second-order valence-corrected chi connectivity index (χ2v) is 8.45. The molecule has 8 nitrogen and oxygen atoms in total. The maximum absolute atomic E-state index is 13.0. The number of amides is 1. The van der Waals surface area contributed by atoms with Crippen LogP contribution in [0.15, 0.2) is 69.6 Å². The molecular formula is C26H25FN4O4. The van der Waals surface area contributed by atoms with Gasteiger partial charge in [0.05, 0.1) is 6.54 Å². The fraction of sp³-hybridized carbons (Fsp3) is 0.269. The number of hydrogen-bond donors (Lipinski definition) is 0. The molecular weight excluding hydrogens is 451 g/mol. The second-order valence-electron chi connectivity index (χ2n) is 8.45. The fourth-order valence-corrected chi connectivity index (χ4v) is 3.85. The van der Waals surface area contributed by atoms with Gasteiger partial charge in [-0.25, -0.2) is 4.39 Å². The molecule has 3 heterocycles. The van der Waals surface area contributed by atoms with E-state index in [1.54, 1.807) is 29.2 Å². The molecule has 4 aromatic rings. The quantitative estimate of drug-likeness (QED) is 0.393. The maximum atomic E-state index is 13.0. The minimum atomic E-state index is -0.326. The number of nitrogens with zero attached hydrogens (tertiary/aromatic N) is 4. The van der Waals surface area contributed by atoms with Crippen molar-refractivity contribution in [1.29, 1.82) is 0 Å². The summed E-state index contributed by atoms with van der Waals surface area (Å²) in [6.07, 6.45) is 0. The predicted octanol–water partition coefficient (Wildman–Crippen LogP) is 4.31. The SMILES string of the molecule is Cc1ccc(-c2noc(CN3CCN(C(=O)c4ccc(COc5ccc(F)cc5)o4)CC3)n2)cc1. The molecule has 0 atom stereocenters. The van der Waals surface area contributed by atoms with Crippen LogP contribution in [-0.2, 0) is 13.2 Å². The highest BCUT2D eigenvalue weighted by Gasteiger charge is 2.25. The van der Waals surface area contributed by atoms with Crippen molar-refractivity contribution in [2.45, 2.75) is 20.1 Å². The molecule has 0 aliphatic carbocycles. The van der Waals surface area contributed by atoms with Crippen molar-refractivity contribution in [2.24, 2.45) is 0 Å². The van der Waals surface area contributed by atoms with Gasteiger partial charge in [0.1, 0.15) is 23.9 Å². The van der Waals surface area contributed by atoms with Crippen LogP contribution in [0, 0.1) is 12.7 Å². The standard InChI is InChI=1S/C26H25FN4O4/c1-18-2-4-19(5-3-18)25-28-24(35-29-25)16-30-12-14-31(15-13-30)26(32)23-11-10-22(34-23)17-33-21-8-6-20(27)7-9-21/h2-11H,12-17H2,1H3. The van der Waals surface area contributed by atoms with Crippen LogP contribution in [0.1, 0.15) is 27.8 Å². The van der Waals surface area contributed by atoms with E-state index in [1.165, 1.54) is 17.7 Å². The molecule has 1 aliphatic heterocycles. The summed E-state index contributed by atoms with van der Waals surface area (Å²) >= 11 is 0. The molecule has 5 rings (SSSR count). The van der Waals surface area contributed by atoms with Crippen LogP contribution in [0.3, 0.4) is 0 Å². The molecule has 1 saturated heterocycles. The molecule has 2 aromatic carbocycles. The van der Waals surface area contributed by atoms with E-state index in [0.717, 1.165) is 5.56 Å². The van der Waals surface area contributed by atoms with E-state index in [2.05, 4.69) is 15.0 Å². The van der Waals surface area contributed by atoms with Crippen molar-refractivity contribution in [2.75, 3.05) is 26.2 Å². The van der Waals surface area contributed by atoms with Crippen LogP contribution in [0.5, 0.6) is 5.75 Å². The Morgan fingerprint density at radius 1 is 1.00 bits per heavy atom. The number of carbonyl (C=O) groups is 1. The normalized spacial score (nSPS) is 14.3. The summed E-state index contributed by atoms with van der Waals surface area (Å²) in [5, 5.41) is 4.09. The lowest BCUT2D eigenvalue weighted by Gasteiger charge is -2.33. The zero-order chi connectivity index (χ0) is 24.2. The Kier molecular flexibility index (Phi) is 6.58. The number of aryl methyl sites for hydroxylation is 1. The van der Waals surface area contributed by atoms with E-state index in [0.29, 0.717) is 55.9 Å². The molecule has 0 unspecified atom stereocenters. The van der Waals surface area contributed by atoms with Gasteiger partial charge in [-0.3, -0.25) is 9.69 Å². The van der Waals surface area contributed by atoms with Crippen LogP contribution < -0.4 is 4.74 Å². The summed E-state index contributed by atoms with van der Waals surface area (Å²) in [6.45, 7) is 5.24. The molecule has 1 fully saturated rings. The van der Waals surface area contributed by atoms with Gasteiger partial charge >= 0.3 is 0 Å². The first-order valence-electron chi connectivity index (χ1n) is 11.4. The number of ether oxygens (including phenoxy) is 1. The molecule has 0 spiro atoms. The Bertz CT molecular complexity index is 1280. The summed E-state index contributed by atoms with van der Waals surface area (Å²) in [5.41, 5.74) is 2.09. The molecule has 9 heteroatoms. The highest BCUT2D eigenvalue weighted by atomic mass is 19.1. The number of rotatable bonds is 7. The highest BCUT2D eigenvalue weighted by Crippen LogP contribution is 2.19. The van der Waals surface area contributed by atoms with Crippen LogP contribution in [0.2, 0.25) is 0 Å². The smallest absolute Gasteiger partial charge is 0.289 e. The summed E-state index contributed by atoms with van der Waals surface area (Å²) in [7, 11) is 0. The number of aromatic nitrogens is 2. The minimum absolute atomic E-state index is 0.154. The molecule has 0 saturated carbocycles. The van der Waals surface area contributed by atoms with Gasteiger partial charge in [-0.05, 0) is 43.3 Å². The van der Waals surface area contributed by atoms with Crippen molar-refractivity contribution in [3.63, 3.8) is 0 Å². The van der Waals surface area contributed by atoms with Gasteiger partial charge in [0.15, 0.2) is 5.76 Å². The first-order chi connectivity index (χ1) is 17.0. The lowest BCUT2D eigenvalue weighted by molar-refractivity contribution is 0.0581. The van der Waals surface area contributed by atoms with Crippen LogP contribution >= 0.6 is 0 Å². The van der Waals surface area contributed by atoms with E-state index in [1.807, 2.05) is 31.2 Å². The number of piperazine rings is 1. The number of carbonyl (C=O) groups excluding carboxylic acids is 1. The fourth-order valence-electron chi connectivity index (χ4n) is 3.85. The molecule has 2 aromatic heterocycles. The van der Waals surface area contributed by atoms with Crippen LogP contribution in [-0.4, -0.2) is 52.0 Å². The Labute approximate surface area is 201 Å². The van der Waals surface area contributed by atoms with Gasteiger partial charge in [-0.1, -0.05) is 35.0 Å². The van der Waals surface area contributed by atoms with E-state index < -0.39 is 0 Å². The van der Waals surface area contributed by atoms with Gasteiger partial charge in [0, 0.05) is 31.7 Å². The first kappa shape index (κ1) is 22.8. The molecule has 180 valence electrons. The topological polar surface area (TPSA) is 84.8 Å². The summed E-state index contributed by atoms with van der Waals surface area (Å²) in [6, 6.07) is 17.1. The maximum Gasteiger partial charge on any atom is 0.289 e. The third kappa shape index (κ3) is 5.58. The van der Waals surface area contributed by atoms with Crippen molar-refractivity contribution in [1.82, 2.24) is 19.9 Å². The predicted molar refractivity (Wildman–Crippen MR) is 125 cm³/mol. The van der Waals surface area contributed by atoms with Crippen molar-refractivity contribution in [3.8, 4) is 17.1 Å². The van der Waals surface area contributed by atoms with Gasteiger partial charge < -0.3 is 18.6 Å². The molecule has 0 bridgehead atoms. The molecule has 0 N–H and O–H groups in total. The number of halogens is 1. The molecule has 35 heavy (non-hydrogen) atoms. The van der Waals surface area contributed by atoms with Crippen LogP contribution in [0.4, 0.5) is 4.39 Å². The average molecular weight is 477 g/mol. The average Bonchev–Trinajstić information content (AvgIpc) is 3.54.